The van der Waals surface area contributed by atoms with E-state index in [1.54, 1.807) is 14.7 Å². The average molecular weight is 503 g/mol. The van der Waals surface area contributed by atoms with E-state index in [9.17, 15) is 24.0 Å². The van der Waals surface area contributed by atoms with Gasteiger partial charge in [0.15, 0.2) is 6.10 Å². The molecule has 10 heteroatoms. The molecule has 0 radical (unpaired) electrons. The molecule has 0 saturated carbocycles. The highest BCUT2D eigenvalue weighted by atomic mass is 16.5. The van der Waals surface area contributed by atoms with Crippen molar-refractivity contribution in [2.24, 2.45) is 0 Å². The van der Waals surface area contributed by atoms with Gasteiger partial charge in [-0.25, -0.2) is 4.79 Å². The number of carbonyl (C=O) groups excluding carboxylic acids is 5. The van der Waals surface area contributed by atoms with Crippen molar-refractivity contribution < 1.29 is 28.7 Å². The summed E-state index contributed by atoms with van der Waals surface area (Å²) >= 11 is 0. The Morgan fingerprint density at radius 1 is 0.811 bits per heavy atom. The van der Waals surface area contributed by atoms with Crippen LogP contribution in [0.3, 0.4) is 0 Å². The average Bonchev–Trinajstić information content (AvgIpc) is 3.13. The standard InChI is InChI=1S/C27H26N4O6/c32-23-17-22(26(35)28-23)37-25(34)12-11-24(33)29-13-15-30(16-14-29)27(36)31-20-7-3-1-5-18(20)9-10-19-6-2-4-8-21(19)31/h1-10,22H,11-17H2,(H,28,32,35). The number of imide groups is 1. The van der Waals surface area contributed by atoms with E-state index in [0.29, 0.717) is 26.2 Å². The summed E-state index contributed by atoms with van der Waals surface area (Å²) in [5.41, 5.74) is 3.46. The third-order valence-corrected chi connectivity index (χ3v) is 6.63. The molecule has 190 valence electrons. The van der Waals surface area contributed by atoms with Crippen molar-refractivity contribution in [2.75, 3.05) is 31.1 Å². The number of nitrogens with one attached hydrogen (secondary N) is 1. The van der Waals surface area contributed by atoms with Gasteiger partial charge in [0.2, 0.25) is 11.8 Å². The normalized spacial score (nSPS) is 18.6. The first-order chi connectivity index (χ1) is 17.9. The summed E-state index contributed by atoms with van der Waals surface area (Å²) in [6, 6.07) is 15.3. The first-order valence-corrected chi connectivity index (χ1v) is 12.2. The van der Waals surface area contributed by atoms with Gasteiger partial charge in [0, 0.05) is 32.6 Å². The summed E-state index contributed by atoms with van der Waals surface area (Å²) in [7, 11) is 0. The highest BCUT2D eigenvalue weighted by Crippen LogP contribution is 2.37. The second-order valence-electron chi connectivity index (χ2n) is 9.03. The molecular formula is C27H26N4O6. The number of amides is 5. The van der Waals surface area contributed by atoms with Gasteiger partial charge in [-0.05, 0) is 23.3 Å². The van der Waals surface area contributed by atoms with Gasteiger partial charge in [0.25, 0.3) is 5.91 Å². The predicted molar refractivity (Wildman–Crippen MR) is 134 cm³/mol. The molecule has 1 N–H and O–H groups in total. The minimum atomic E-state index is -1.13. The molecule has 0 bridgehead atoms. The highest BCUT2D eigenvalue weighted by molar-refractivity contribution is 6.06. The third-order valence-electron chi connectivity index (χ3n) is 6.63. The van der Waals surface area contributed by atoms with Gasteiger partial charge in [0.05, 0.1) is 24.2 Å². The van der Waals surface area contributed by atoms with E-state index in [1.807, 2.05) is 60.7 Å². The molecule has 1 unspecified atom stereocenters. The number of nitrogens with zero attached hydrogens (tertiary/aromatic N) is 3. The van der Waals surface area contributed by atoms with Crippen molar-refractivity contribution >= 4 is 53.2 Å². The molecule has 3 aliphatic heterocycles. The summed E-state index contributed by atoms with van der Waals surface area (Å²) in [5.74, 6) is -2.07. The van der Waals surface area contributed by atoms with E-state index >= 15 is 0 Å². The Bertz CT molecular complexity index is 1250. The fraction of sp³-hybridized carbons (Fsp3) is 0.296. The third kappa shape index (κ3) is 5.09. The Morgan fingerprint density at radius 3 is 1.95 bits per heavy atom. The van der Waals surface area contributed by atoms with E-state index in [4.69, 9.17) is 4.74 Å². The Morgan fingerprint density at radius 2 is 1.38 bits per heavy atom. The maximum atomic E-state index is 13.7. The largest absolute Gasteiger partial charge is 0.452 e. The molecule has 1 atom stereocenters. The second kappa shape index (κ2) is 10.3. The quantitative estimate of drug-likeness (QED) is 0.507. The van der Waals surface area contributed by atoms with Crippen LogP contribution < -0.4 is 10.2 Å². The number of fused-ring (bicyclic) bond motifs is 2. The summed E-state index contributed by atoms with van der Waals surface area (Å²) in [6.07, 6.45) is 2.41. The number of piperazine rings is 1. The van der Waals surface area contributed by atoms with Crippen LogP contribution in [0.25, 0.3) is 12.2 Å². The summed E-state index contributed by atoms with van der Waals surface area (Å²) in [5, 5.41) is 2.07. The Kier molecular flexibility index (Phi) is 6.72. The zero-order valence-electron chi connectivity index (χ0n) is 20.1. The Hall–Kier alpha value is -4.47. The fourth-order valence-corrected chi connectivity index (χ4v) is 4.68. The minimum Gasteiger partial charge on any atom is -0.452 e. The molecule has 0 aromatic heterocycles. The molecule has 10 nitrogen and oxygen atoms in total. The molecule has 5 amide bonds. The molecule has 2 saturated heterocycles. The molecule has 0 spiro atoms. The van der Waals surface area contributed by atoms with E-state index < -0.39 is 23.9 Å². The van der Waals surface area contributed by atoms with Crippen LogP contribution in [0.2, 0.25) is 0 Å². The fourth-order valence-electron chi connectivity index (χ4n) is 4.68. The van der Waals surface area contributed by atoms with Crippen LogP contribution in [0.5, 0.6) is 0 Å². The lowest BCUT2D eigenvalue weighted by Gasteiger charge is -2.38. The number of hydrogen-bond donors (Lipinski definition) is 1. The SMILES string of the molecule is O=C1CC(OC(=O)CCC(=O)N2CCN(C(=O)N3c4ccccc4C=Cc4ccccc43)CC2)C(=O)N1. The molecule has 2 aromatic rings. The van der Waals surface area contributed by atoms with Gasteiger partial charge < -0.3 is 14.5 Å². The number of benzene rings is 2. The lowest BCUT2D eigenvalue weighted by atomic mass is 10.1. The van der Waals surface area contributed by atoms with Gasteiger partial charge in [0.1, 0.15) is 0 Å². The summed E-state index contributed by atoms with van der Waals surface area (Å²) < 4.78 is 5.01. The Balaban J connectivity index is 1.19. The van der Waals surface area contributed by atoms with E-state index in [2.05, 4.69) is 5.32 Å². The molecule has 0 aliphatic carbocycles. The zero-order valence-corrected chi connectivity index (χ0v) is 20.1. The van der Waals surface area contributed by atoms with Crippen molar-refractivity contribution in [3.8, 4) is 0 Å². The monoisotopic (exact) mass is 502 g/mol. The van der Waals surface area contributed by atoms with E-state index in [-0.39, 0.29) is 31.2 Å². The van der Waals surface area contributed by atoms with Gasteiger partial charge in [-0.3, -0.25) is 29.4 Å². The first-order valence-electron chi connectivity index (χ1n) is 12.2. The van der Waals surface area contributed by atoms with Crippen molar-refractivity contribution in [1.82, 2.24) is 15.1 Å². The summed E-state index contributed by atoms with van der Waals surface area (Å²) in [6.45, 7) is 1.39. The van der Waals surface area contributed by atoms with Crippen LogP contribution in [0.1, 0.15) is 30.4 Å². The predicted octanol–water partition coefficient (Wildman–Crippen LogP) is 2.31. The van der Waals surface area contributed by atoms with Crippen LogP contribution >= 0.6 is 0 Å². The number of carbonyl (C=O) groups is 5. The molecule has 37 heavy (non-hydrogen) atoms. The maximum absolute atomic E-state index is 13.7. The van der Waals surface area contributed by atoms with Crippen molar-refractivity contribution in [3.63, 3.8) is 0 Å². The van der Waals surface area contributed by atoms with Crippen molar-refractivity contribution in [2.45, 2.75) is 25.4 Å². The number of ether oxygens (including phenoxy) is 1. The van der Waals surface area contributed by atoms with Crippen LogP contribution in [0.4, 0.5) is 16.2 Å². The van der Waals surface area contributed by atoms with E-state index in [0.717, 1.165) is 22.5 Å². The van der Waals surface area contributed by atoms with Gasteiger partial charge in [-0.15, -0.1) is 0 Å². The smallest absolute Gasteiger partial charge is 0.329 e. The molecule has 5 rings (SSSR count). The number of hydrogen-bond acceptors (Lipinski definition) is 6. The number of para-hydroxylation sites is 2. The number of rotatable bonds is 4. The second-order valence-corrected chi connectivity index (χ2v) is 9.03. The number of urea groups is 1. The van der Waals surface area contributed by atoms with Crippen LogP contribution in [0.15, 0.2) is 48.5 Å². The van der Waals surface area contributed by atoms with Gasteiger partial charge in [-0.1, -0.05) is 48.6 Å². The maximum Gasteiger partial charge on any atom is 0.329 e. The Labute approximate surface area is 213 Å². The lowest BCUT2D eigenvalue weighted by Crippen LogP contribution is -2.53. The van der Waals surface area contributed by atoms with Gasteiger partial charge in [-0.2, -0.15) is 0 Å². The van der Waals surface area contributed by atoms with Crippen LogP contribution in [-0.2, 0) is 23.9 Å². The topological polar surface area (TPSA) is 116 Å². The van der Waals surface area contributed by atoms with Crippen molar-refractivity contribution in [3.05, 3.63) is 59.7 Å². The van der Waals surface area contributed by atoms with Gasteiger partial charge >= 0.3 is 12.0 Å². The van der Waals surface area contributed by atoms with Crippen molar-refractivity contribution in [1.29, 1.82) is 0 Å². The zero-order chi connectivity index (χ0) is 25.9. The lowest BCUT2D eigenvalue weighted by molar-refractivity contribution is -0.155. The minimum absolute atomic E-state index is 0.0758. The van der Waals surface area contributed by atoms with Crippen LogP contribution in [0, 0.1) is 0 Å². The molecule has 3 aliphatic rings. The van der Waals surface area contributed by atoms with Crippen LogP contribution in [-0.4, -0.2) is 71.8 Å². The molecular weight excluding hydrogens is 476 g/mol. The number of esters is 1. The molecule has 2 fully saturated rings. The first kappa shape index (κ1) is 24.2. The van der Waals surface area contributed by atoms with E-state index in [1.165, 1.54) is 0 Å². The highest BCUT2D eigenvalue weighted by Gasteiger charge is 2.34. The molecule has 2 aromatic carbocycles. The summed E-state index contributed by atoms with van der Waals surface area (Å²) in [4.78, 5) is 66.3. The molecule has 3 heterocycles. The number of anilines is 2.